The third kappa shape index (κ3) is 3.90. The van der Waals surface area contributed by atoms with Crippen LogP contribution in [-0.4, -0.2) is 15.0 Å². The van der Waals surface area contributed by atoms with Gasteiger partial charge in [-0.3, -0.25) is 0 Å². The Balaban J connectivity index is 2.85. The van der Waals surface area contributed by atoms with E-state index in [1.807, 2.05) is 39.8 Å². The van der Waals surface area contributed by atoms with Gasteiger partial charge in [0.1, 0.15) is 21.8 Å². The zero-order valence-corrected chi connectivity index (χ0v) is 12.4. The second kappa shape index (κ2) is 4.99. The van der Waals surface area contributed by atoms with Crippen LogP contribution in [0.25, 0.3) is 0 Å². The molecular formula is C10H14BrNOS2. The molecule has 0 spiro atoms. The summed E-state index contributed by atoms with van der Waals surface area (Å²) in [6.45, 7) is 7.65. The first kappa shape index (κ1) is 13.2. The molecule has 84 valence electrons. The van der Waals surface area contributed by atoms with Gasteiger partial charge in [0.25, 0.3) is 0 Å². The molecule has 1 aromatic heterocycles. The fourth-order valence-corrected chi connectivity index (χ4v) is 2.82. The fraction of sp³-hybridized carbons (Fsp3) is 0.500. The van der Waals surface area contributed by atoms with Gasteiger partial charge in [-0.25, -0.2) is 0 Å². The first-order valence-corrected chi connectivity index (χ1v) is 7.25. The molecule has 1 rings (SSSR count). The van der Waals surface area contributed by atoms with E-state index in [1.165, 1.54) is 0 Å². The average Bonchev–Trinajstić information content (AvgIpc) is 2.50. The van der Waals surface area contributed by atoms with Crippen LogP contribution >= 0.6 is 27.3 Å². The smallest absolute Gasteiger partial charge is 0.144 e. The van der Waals surface area contributed by atoms with E-state index in [2.05, 4.69) is 20.3 Å². The number of hydrogen-bond donors (Lipinski definition) is 0. The predicted molar refractivity (Wildman–Crippen MR) is 72.1 cm³/mol. The SMILES string of the molecule is C/C(=N\[S+]([O-])C(C)(C)C)c1ccc(Br)s1. The average molecular weight is 308 g/mol. The molecule has 1 unspecified atom stereocenters. The molecule has 0 saturated heterocycles. The van der Waals surface area contributed by atoms with E-state index in [0.717, 1.165) is 14.4 Å². The van der Waals surface area contributed by atoms with Crippen LogP contribution in [0.4, 0.5) is 0 Å². The fourth-order valence-electron chi connectivity index (χ4n) is 0.815. The molecule has 0 fully saturated rings. The second-order valence-corrected chi connectivity index (χ2v) is 8.51. The maximum Gasteiger partial charge on any atom is 0.144 e. The summed E-state index contributed by atoms with van der Waals surface area (Å²) >= 11 is 3.81. The molecular weight excluding hydrogens is 294 g/mol. The van der Waals surface area contributed by atoms with Gasteiger partial charge in [-0.05, 0) is 55.8 Å². The van der Waals surface area contributed by atoms with Crippen LogP contribution in [0.5, 0.6) is 0 Å². The van der Waals surface area contributed by atoms with Crippen LogP contribution in [0.3, 0.4) is 0 Å². The lowest BCUT2D eigenvalue weighted by atomic mass is 10.3. The van der Waals surface area contributed by atoms with Crippen molar-refractivity contribution in [3.8, 4) is 0 Å². The van der Waals surface area contributed by atoms with E-state index in [1.54, 1.807) is 11.3 Å². The van der Waals surface area contributed by atoms with Crippen molar-refractivity contribution in [3.05, 3.63) is 20.8 Å². The summed E-state index contributed by atoms with van der Waals surface area (Å²) in [6.07, 6.45) is 0. The molecule has 5 heteroatoms. The topological polar surface area (TPSA) is 35.4 Å². The van der Waals surface area contributed by atoms with E-state index >= 15 is 0 Å². The first-order valence-electron chi connectivity index (χ1n) is 4.53. The number of nitrogens with zero attached hydrogens (tertiary/aromatic N) is 1. The molecule has 1 heterocycles. The maximum atomic E-state index is 11.8. The summed E-state index contributed by atoms with van der Waals surface area (Å²) < 4.78 is 16.7. The van der Waals surface area contributed by atoms with Crippen LogP contribution in [0.1, 0.15) is 32.6 Å². The summed E-state index contributed by atoms with van der Waals surface area (Å²) in [7, 11) is 0. The van der Waals surface area contributed by atoms with Crippen LogP contribution in [0, 0.1) is 0 Å². The molecule has 1 atom stereocenters. The van der Waals surface area contributed by atoms with Crippen molar-refractivity contribution in [1.29, 1.82) is 0 Å². The van der Waals surface area contributed by atoms with Crippen LogP contribution in [-0.2, 0) is 11.4 Å². The third-order valence-corrected chi connectivity index (χ3v) is 4.89. The Kier molecular flexibility index (Phi) is 4.40. The Hall–Kier alpha value is 0.160. The summed E-state index contributed by atoms with van der Waals surface area (Å²) in [5.74, 6) is 0. The van der Waals surface area contributed by atoms with Gasteiger partial charge in [0.05, 0.1) is 8.66 Å². The van der Waals surface area contributed by atoms with Gasteiger partial charge in [0.2, 0.25) is 0 Å². The van der Waals surface area contributed by atoms with Gasteiger partial charge in [0.15, 0.2) is 0 Å². The molecule has 2 nitrogen and oxygen atoms in total. The lowest BCUT2D eigenvalue weighted by molar-refractivity contribution is 0.561. The van der Waals surface area contributed by atoms with Crippen LogP contribution in [0.2, 0.25) is 0 Å². The second-order valence-electron chi connectivity index (χ2n) is 4.14. The van der Waals surface area contributed by atoms with Crippen molar-refractivity contribution in [2.75, 3.05) is 0 Å². The Labute approximate surface area is 106 Å². The van der Waals surface area contributed by atoms with Crippen molar-refractivity contribution in [2.24, 2.45) is 4.40 Å². The molecule has 0 aliphatic rings. The standard InChI is InChI=1S/C10H14BrNOS2/c1-7(8-5-6-9(11)14-8)12-15(13)10(2,3)4/h5-6H,1-4H3/b12-7+. The zero-order valence-electron chi connectivity index (χ0n) is 9.20. The molecule has 1 aromatic rings. The zero-order chi connectivity index (χ0) is 11.6. The lowest BCUT2D eigenvalue weighted by Crippen LogP contribution is -2.26. The summed E-state index contributed by atoms with van der Waals surface area (Å²) in [6, 6.07) is 3.95. The van der Waals surface area contributed by atoms with Gasteiger partial charge in [0, 0.05) is 0 Å². The van der Waals surface area contributed by atoms with E-state index in [9.17, 15) is 4.55 Å². The number of rotatable bonds is 2. The predicted octanol–water partition coefficient (Wildman–Crippen LogP) is 3.78. The number of thiophene rings is 1. The van der Waals surface area contributed by atoms with Crippen molar-refractivity contribution < 1.29 is 4.55 Å². The maximum absolute atomic E-state index is 11.8. The molecule has 0 aliphatic carbocycles. The Morgan fingerprint density at radius 2 is 2.07 bits per heavy atom. The number of hydrogen-bond acceptors (Lipinski definition) is 3. The van der Waals surface area contributed by atoms with E-state index < -0.39 is 11.4 Å². The third-order valence-electron chi connectivity index (χ3n) is 1.67. The largest absolute Gasteiger partial charge is 0.591 e. The lowest BCUT2D eigenvalue weighted by Gasteiger charge is -2.18. The van der Waals surface area contributed by atoms with Gasteiger partial charge in [-0.15, -0.1) is 11.3 Å². The normalized spacial score (nSPS) is 15.5. The van der Waals surface area contributed by atoms with Crippen LogP contribution in [0.15, 0.2) is 20.3 Å². The molecule has 0 radical (unpaired) electrons. The minimum Gasteiger partial charge on any atom is -0.591 e. The molecule has 0 amide bonds. The number of halogens is 1. The summed E-state index contributed by atoms with van der Waals surface area (Å²) in [4.78, 5) is 1.06. The summed E-state index contributed by atoms with van der Waals surface area (Å²) in [5, 5.41) is 0. The molecule has 0 aliphatic heterocycles. The van der Waals surface area contributed by atoms with Crippen molar-refractivity contribution in [3.63, 3.8) is 0 Å². The van der Waals surface area contributed by atoms with Crippen LogP contribution < -0.4 is 0 Å². The van der Waals surface area contributed by atoms with Gasteiger partial charge in [-0.2, -0.15) is 0 Å². The monoisotopic (exact) mass is 307 g/mol. The molecule has 15 heavy (non-hydrogen) atoms. The highest BCUT2D eigenvalue weighted by Gasteiger charge is 2.26. The Bertz CT molecular complexity index is 368. The molecule has 0 saturated carbocycles. The van der Waals surface area contributed by atoms with Crippen molar-refractivity contribution in [2.45, 2.75) is 32.4 Å². The van der Waals surface area contributed by atoms with Gasteiger partial charge >= 0.3 is 0 Å². The molecule has 0 aromatic carbocycles. The first-order chi connectivity index (χ1) is 6.80. The van der Waals surface area contributed by atoms with Gasteiger partial charge < -0.3 is 4.55 Å². The summed E-state index contributed by atoms with van der Waals surface area (Å²) in [5.41, 5.74) is 0.832. The molecule has 0 N–H and O–H groups in total. The van der Waals surface area contributed by atoms with E-state index in [-0.39, 0.29) is 4.75 Å². The minimum atomic E-state index is -1.18. The minimum absolute atomic E-state index is 0.296. The van der Waals surface area contributed by atoms with Gasteiger partial charge in [-0.1, -0.05) is 4.40 Å². The Morgan fingerprint density at radius 3 is 2.47 bits per heavy atom. The van der Waals surface area contributed by atoms with E-state index in [4.69, 9.17) is 0 Å². The van der Waals surface area contributed by atoms with Crippen molar-refractivity contribution >= 4 is 44.3 Å². The molecule has 0 bridgehead atoms. The Morgan fingerprint density at radius 1 is 1.47 bits per heavy atom. The quantitative estimate of drug-likeness (QED) is 0.605. The van der Waals surface area contributed by atoms with E-state index in [0.29, 0.717) is 0 Å². The highest BCUT2D eigenvalue weighted by molar-refractivity contribution is 9.11. The highest BCUT2D eigenvalue weighted by Crippen LogP contribution is 2.24. The van der Waals surface area contributed by atoms with Crippen molar-refractivity contribution in [1.82, 2.24) is 0 Å². The highest BCUT2D eigenvalue weighted by atomic mass is 79.9.